The van der Waals surface area contributed by atoms with Gasteiger partial charge in [-0.3, -0.25) is 13.3 Å². The number of hydrogen-bond acceptors (Lipinski definition) is 19. The maximum Gasteiger partial charge on any atom is 0.333 e. The van der Waals surface area contributed by atoms with Crippen LogP contribution < -0.4 is 19.7 Å². The van der Waals surface area contributed by atoms with Gasteiger partial charge in [0.05, 0.1) is 95.6 Å². The number of carbonyl (C=O) groups is 1. The second-order valence-electron chi connectivity index (χ2n) is 19.7. The lowest BCUT2D eigenvalue weighted by Crippen LogP contribution is -2.35. The second-order valence-corrected chi connectivity index (χ2v) is 24.5. The molecule has 0 bridgehead atoms. The van der Waals surface area contributed by atoms with Gasteiger partial charge in [-0.2, -0.15) is 25.3 Å². The van der Waals surface area contributed by atoms with E-state index < -0.39 is 64.1 Å². The van der Waals surface area contributed by atoms with E-state index >= 15 is 0 Å². The lowest BCUT2D eigenvalue weighted by molar-refractivity contribution is -0.145. The van der Waals surface area contributed by atoms with Gasteiger partial charge in [0.25, 0.3) is 30.4 Å². The first kappa shape index (κ1) is 64.6. The van der Waals surface area contributed by atoms with Gasteiger partial charge >= 0.3 is 5.97 Å². The zero-order valence-electron chi connectivity index (χ0n) is 45.7. The molecule has 440 valence electrons. The molecule has 1 atom stereocenters. The van der Waals surface area contributed by atoms with Gasteiger partial charge in [0.15, 0.2) is 6.54 Å². The van der Waals surface area contributed by atoms with Gasteiger partial charge in [-0.25, -0.2) is 9.37 Å². The number of nitrogens with zero attached hydrogens (tertiary/aromatic N) is 3. The highest BCUT2D eigenvalue weighted by atomic mass is 32.2. The van der Waals surface area contributed by atoms with Gasteiger partial charge < -0.3 is 52.8 Å². The van der Waals surface area contributed by atoms with Crippen molar-refractivity contribution in [2.24, 2.45) is 0 Å². The summed E-state index contributed by atoms with van der Waals surface area (Å²) in [5, 5.41) is 20.8. The van der Waals surface area contributed by atoms with Crippen molar-refractivity contribution in [1.82, 2.24) is 9.31 Å². The van der Waals surface area contributed by atoms with Crippen LogP contribution in [0.2, 0.25) is 0 Å². The van der Waals surface area contributed by atoms with E-state index in [1.54, 1.807) is 30.2 Å². The van der Waals surface area contributed by atoms with E-state index in [2.05, 4.69) is 20.8 Å². The highest BCUT2D eigenvalue weighted by molar-refractivity contribution is 7.86. The molecule has 1 aromatic heterocycles. The molecule has 5 rings (SSSR count). The quantitative estimate of drug-likeness (QED) is 0.0208. The summed E-state index contributed by atoms with van der Waals surface area (Å²) in [6.07, 6.45) is 5.53. The minimum atomic E-state index is -4.70. The molecular weight excluding hydrogens is 1090 g/mol. The summed E-state index contributed by atoms with van der Waals surface area (Å²) in [5.74, 6) is -1.62. The number of benzene rings is 2. The van der Waals surface area contributed by atoms with Gasteiger partial charge in [0.1, 0.15) is 24.7 Å². The van der Waals surface area contributed by atoms with Crippen LogP contribution in [0.15, 0.2) is 81.8 Å². The Morgan fingerprint density at radius 1 is 0.734 bits per heavy atom. The van der Waals surface area contributed by atoms with Crippen LogP contribution in [-0.4, -0.2) is 173 Å². The Morgan fingerprint density at radius 2 is 1.34 bits per heavy atom. The number of ether oxygens (including phenoxy) is 6. The number of anilines is 1. The number of fused-ring (bicyclic) bond motifs is 2. The first-order valence-corrected chi connectivity index (χ1v) is 30.4. The lowest BCUT2D eigenvalue weighted by atomic mass is 9.77. The van der Waals surface area contributed by atoms with Crippen molar-refractivity contribution in [3.8, 4) is 23.1 Å². The van der Waals surface area contributed by atoms with E-state index in [9.17, 15) is 49.4 Å². The van der Waals surface area contributed by atoms with Crippen molar-refractivity contribution in [3.63, 3.8) is 0 Å². The van der Waals surface area contributed by atoms with E-state index in [0.29, 0.717) is 119 Å². The van der Waals surface area contributed by atoms with Gasteiger partial charge in [0.2, 0.25) is 17.1 Å². The van der Waals surface area contributed by atoms with Gasteiger partial charge in [-0.1, -0.05) is 26.8 Å². The van der Waals surface area contributed by atoms with Crippen LogP contribution in [0.5, 0.6) is 11.8 Å². The molecule has 4 N–H and O–H groups in total. The first-order chi connectivity index (χ1) is 37.4. The number of rotatable bonds is 35. The number of allylic oxidation sites excluding steroid dienone is 3. The molecule has 23 nitrogen and oxygen atoms in total. The summed E-state index contributed by atoms with van der Waals surface area (Å²) in [7, 11) is -10.1. The van der Waals surface area contributed by atoms with E-state index in [4.69, 9.17) is 41.9 Å². The molecule has 3 heterocycles. The van der Waals surface area contributed by atoms with Crippen LogP contribution >= 0.6 is 0 Å². The zero-order valence-corrected chi connectivity index (χ0v) is 48.1. The Hall–Kier alpha value is -5.23. The Labute approximate surface area is 462 Å². The monoisotopic (exact) mass is 1170 g/mol. The molecule has 3 aliphatic rings. The zero-order chi connectivity index (χ0) is 57.9. The van der Waals surface area contributed by atoms with E-state index in [-0.39, 0.29) is 49.8 Å². The molecular formula is C53H76N3O20S3+. The summed E-state index contributed by atoms with van der Waals surface area (Å²) < 4.78 is 140. The molecule has 1 aromatic carbocycles. The molecule has 0 amide bonds. The molecule has 0 fully saturated rings. The highest BCUT2D eigenvalue weighted by Gasteiger charge is 2.44. The number of carbonyl (C=O) groups excluding carboxylic acids is 1. The highest BCUT2D eigenvalue weighted by Crippen LogP contribution is 2.51. The smallest absolute Gasteiger partial charge is 0.333 e. The van der Waals surface area contributed by atoms with Gasteiger partial charge in [-0.05, 0) is 85.2 Å². The fraction of sp³-hybridized carbons (Fsp3) is 0.547. The molecule has 1 aliphatic carbocycles. The summed E-state index contributed by atoms with van der Waals surface area (Å²) in [5.41, 5.74) is 1.78. The number of aromatic hydroxyl groups is 2. The SMILES string of the molecule is COCCOCCOCCOCCOCCOCC[N+](CCCS(=O)(=O)OC)=c1ccc2c(C(C)(C)C)cc(C=CC=C3N(CCCS(=O)(=O)O)c4ccc(S(=O)(=O)O)cc4C3(C)CCCC(=O)On3c(O)ccc3O)oc-2c1. The minimum absolute atomic E-state index is 0.0376. The van der Waals surface area contributed by atoms with Crippen LogP contribution in [-0.2, 0) is 78.6 Å². The first-order valence-electron chi connectivity index (χ1n) is 25.7. The summed E-state index contributed by atoms with van der Waals surface area (Å²) in [6.45, 7) is 13.3. The van der Waals surface area contributed by atoms with Crippen molar-refractivity contribution < 1.29 is 91.2 Å². The van der Waals surface area contributed by atoms with Crippen LogP contribution in [0, 0.1) is 0 Å². The van der Waals surface area contributed by atoms with Crippen molar-refractivity contribution in [2.75, 3.05) is 123 Å². The molecule has 0 spiro atoms. The standard InChI is InChI=1S/C53H75N3O20S3/c1-52(2,3)44-38-41(75-47-37-40(14-16-43(44)47)54(21-9-36-78(63,64)69-6)23-24-70-27-28-72-31-32-74-34-33-73-30-29-71-26-25-68-5)11-7-12-48-53(4,20-8-13-51(59)76-56-49(57)18-19-50(56)58)45-39-42(79(65,66)67)15-17-46(45)55(48)22-10-35-77(60,61)62/h7,11-12,14-19,37-39H,8-10,13,20-36H2,1-6H3,(H3-,57,58,60,61,62,65,66,67)/p+1. The maximum atomic E-state index is 13.0. The van der Waals surface area contributed by atoms with Gasteiger partial charge in [0, 0.05) is 67.1 Å². The number of hydrogen-bond donors (Lipinski definition) is 4. The fourth-order valence-corrected chi connectivity index (χ4v) is 10.5. The average molecular weight is 1170 g/mol. The van der Waals surface area contributed by atoms with Crippen LogP contribution in [0.1, 0.15) is 76.7 Å². The van der Waals surface area contributed by atoms with Crippen LogP contribution in [0.25, 0.3) is 17.4 Å². The summed E-state index contributed by atoms with van der Waals surface area (Å²) in [4.78, 5) is 19.5. The third kappa shape index (κ3) is 20.1. The molecule has 79 heavy (non-hydrogen) atoms. The molecule has 26 heteroatoms. The van der Waals surface area contributed by atoms with Gasteiger partial charge in [-0.15, -0.1) is 4.73 Å². The van der Waals surface area contributed by atoms with Crippen LogP contribution in [0.3, 0.4) is 0 Å². The average Bonchev–Trinajstić information content (AvgIpc) is 4.05. The second kappa shape index (κ2) is 30.0. The van der Waals surface area contributed by atoms with E-state index in [1.165, 1.54) is 18.2 Å². The number of aromatic nitrogens is 1. The van der Waals surface area contributed by atoms with Crippen molar-refractivity contribution in [3.05, 3.63) is 94.7 Å². The Bertz CT molecular complexity index is 3050. The number of methoxy groups -OCH3 is 1. The summed E-state index contributed by atoms with van der Waals surface area (Å²) >= 11 is 0. The largest absolute Gasteiger partial charge is 0.492 e. The van der Waals surface area contributed by atoms with Crippen molar-refractivity contribution in [1.29, 1.82) is 0 Å². The Morgan fingerprint density at radius 3 is 1.91 bits per heavy atom. The molecule has 1 unspecified atom stereocenters. The summed E-state index contributed by atoms with van der Waals surface area (Å²) in [6, 6.07) is 14.0. The molecule has 0 saturated carbocycles. The van der Waals surface area contributed by atoms with Crippen LogP contribution in [0.4, 0.5) is 5.69 Å². The Kier molecular flexibility index (Phi) is 24.5. The third-order valence-corrected chi connectivity index (χ3v) is 15.7. The minimum Gasteiger partial charge on any atom is -0.492 e. The maximum absolute atomic E-state index is 13.0. The predicted octanol–water partition coefficient (Wildman–Crippen LogP) is 4.79. The topological polar surface area (TPSA) is 299 Å². The molecule has 0 radical (unpaired) electrons. The normalized spacial score (nSPS) is 16.2. The van der Waals surface area contributed by atoms with Crippen molar-refractivity contribution >= 4 is 48.1 Å². The van der Waals surface area contributed by atoms with E-state index in [0.717, 1.165) is 35.7 Å². The Balaban J connectivity index is 1.42. The molecule has 2 aliphatic heterocycles. The van der Waals surface area contributed by atoms with E-state index in [1.807, 2.05) is 35.8 Å². The lowest BCUT2D eigenvalue weighted by Gasteiger charge is -2.30. The predicted molar refractivity (Wildman–Crippen MR) is 293 cm³/mol. The third-order valence-electron chi connectivity index (χ3n) is 12.8. The van der Waals surface area contributed by atoms with Crippen molar-refractivity contribution in [2.45, 2.75) is 75.5 Å². The molecule has 2 aromatic rings. The molecule has 0 saturated heterocycles. The fourth-order valence-electron chi connectivity index (χ4n) is 8.84.